The fraction of sp³-hybridized carbons (Fsp3) is 0.611. The average molecular weight is 387 g/mol. The Balaban J connectivity index is 0.00000243. The second-order valence-electron chi connectivity index (χ2n) is 6.57. The topological polar surface area (TPSA) is 94.3 Å². The second-order valence-corrected chi connectivity index (χ2v) is 6.57. The van der Waals surface area contributed by atoms with Crippen LogP contribution in [0.2, 0.25) is 0 Å². The number of rotatable bonds is 4. The number of piperidine rings is 1. The lowest BCUT2D eigenvalue weighted by Crippen LogP contribution is -2.53. The molecule has 26 heavy (non-hydrogen) atoms. The summed E-state index contributed by atoms with van der Waals surface area (Å²) in [6, 6.07) is 3.18. The summed E-state index contributed by atoms with van der Waals surface area (Å²) in [5.74, 6) is 1.20. The van der Waals surface area contributed by atoms with Crippen molar-refractivity contribution in [2.45, 2.75) is 30.9 Å². The van der Waals surface area contributed by atoms with E-state index in [1.807, 2.05) is 12.1 Å². The second kappa shape index (κ2) is 8.43. The molecule has 0 bridgehead atoms. The van der Waals surface area contributed by atoms with Gasteiger partial charge in [-0.15, -0.1) is 12.4 Å². The summed E-state index contributed by atoms with van der Waals surface area (Å²) >= 11 is 0. The molecular weight excluding hydrogens is 360 g/mol. The minimum atomic E-state index is -0.849. The smallest absolute Gasteiger partial charge is 0.241 e. The number of benzene rings is 1. The average Bonchev–Trinajstić information content (AvgIpc) is 2.66. The van der Waals surface area contributed by atoms with Crippen LogP contribution in [-0.4, -0.2) is 62.5 Å². The van der Waals surface area contributed by atoms with Gasteiger partial charge in [0.2, 0.25) is 5.91 Å². The van der Waals surface area contributed by atoms with E-state index >= 15 is 0 Å². The number of carbonyl (C=O) groups excluding carboxylic acids is 1. The van der Waals surface area contributed by atoms with Gasteiger partial charge in [0.1, 0.15) is 6.04 Å². The Bertz CT molecular complexity index is 647. The van der Waals surface area contributed by atoms with Crippen LogP contribution in [0.4, 0.5) is 0 Å². The van der Waals surface area contributed by atoms with Gasteiger partial charge in [-0.05, 0) is 42.5 Å². The summed E-state index contributed by atoms with van der Waals surface area (Å²) in [6.07, 6.45) is 2.22. The molecule has 2 heterocycles. The van der Waals surface area contributed by atoms with Crippen LogP contribution in [0.1, 0.15) is 24.0 Å². The Morgan fingerprint density at radius 2 is 1.92 bits per heavy atom. The van der Waals surface area contributed by atoms with E-state index in [1.54, 1.807) is 19.1 Å². The normalized spacial score (nSPS) is 19.3. The van der Waals surface area contributed by atoms with Crippen molar-refractivity contribution >= 4 is 18.3 Å². The molecule has 7 nitrogen and oxygen atoms in total. The SMILES string of the molecule is COc1cc2c(cc1OC)C1(CCN(C(=O)[C@@H](N)CO)CC1)OCC2.Cl. The van der Waals surface area contributed by atoms with Crippen LogP contribution in [0.3, 0.4) is 0 Å². The lowest BCUT2D eigenvalue weighted by atomic mass is 9.79. The number of nitrogens with zero attached hydrogens (tertiary/aromatic N) is 1. The van der Waals surface area contributed by atoms with E-state index < -0.39 is 11.6 Å². The lowest BCUT2D eigenvalue weighted by molar-refractivity contribution is -0.142. The first-order valence-corrected chi connectivity index (χ1v) is 8.59. The van der Waals surface area contributed by atoms with E-state index in [9.17, 15) is 4.79 Å². The number of hydrogen-bond acceptors (Lipinski definition) is 6. The molecule has 1 atom stereocenters. The predicted octanol–water partition coefficient (Wildman–Crippen LogP) is 0.836. The number of halogens is 1. The van der Waals surface area contributed by atoms with Crippen LogP contribution < -0.4 is 15.2 Å². The van der Waals surface area contributed by atoms with Crippen molar-refractivity contribution in [2.75, 3.05) is 40.5 Å². The van der Waals surface area contributed by atoms with Crippen LogP contribution in [0.15, 0.2) is 12.1 Å². The predicted molar refractivity (Wildman–Crippen MR) is 99.0 cm³/mol. The summed E-state index contributed by atoms with van der Waals surface area (Å²) in [5, 5.41) is 9.09. The number of hydrogen-bond donors (Lipinski definition) is 2. The third kappa shape index (κ3) is 3.62. The van der Waals surface area contributed by atoms with Gasteiger partial charge >= 0.3 is 0 Å². The maximum Gasteiger partial charge on any atom is 0.241 e. The van der Waals surface area contributed by atoms with Crippen LogP contribution in [0.25, 0.3) is 0 Å². The maximum atomic E-state index is 12.2. The minimum absolute atomic E-state index is 0. The van der Waals surface area contributed by atoms with E-state index in [1.165, 1.54) is 5.56 Å². The van der Waals surface area contributed by atoms with Crippen molar-refractivity contribution in [3.63, 3.8) is 0 Å². The molecule has 1 fully saturated rings. The largest absolute Gasteiger partial charge is 0.493 e. The van der Waals surface area contributed by atoms with Crippen LogP contribution in [0.5, 0.6) is 11.5 Å². The Hall–Kier alpha value is -1.54. The number of fused-ring (bicyclic) bond motifs is 2. The number of aliphatic hydroxyl groups is 1. The van der Waals surface area contributed by atoms with Gasteiger partial charge in [-0.1, -0.05) is 0 Å². The Morgan fingerprint density at radius 3 is 2.50 bits per heavy atom. The molecule has 146 valence electrons. The number of methoxy groups -OCH3 is 2. The highest BCUT2D eigenvalue weighted by Crippen LogP contribution is 2.45. The summed E-state index contributed by atoms with van der Waals surface area (Å²) < 4.78 is 17.1. The highest BCUT2D eigenvalue weighted by Gasteiger charge is 2.42. The molecule has 1 aromatic carbocycles. The van der Waals surface area contributed by atoms with E-state index in [0.717, 1.165) is 17.7 Å². The van der Waals surface area contributed by atoms with Gasteiger partial charge in [-0.2, -0.15) is 0 Å². The third-order valence-electron chi connectivity index (χ3n) is 5.25. The Morgan fingerprint density at radius 1 is 1.31 bits per heavy atom. The number of likely N-dealkylation sites (tertiary alicyclic amines) is 1. The Kier molecular flexibility index (Phi) is 6.74. The minimum Gasteiger partial charge on any atom is -0.493 e. The van der Waals surface area contributed by atoms with Gasteiger partial charge in [0.05, 0.1) is 33.0 Å². The zero-order valence-corrected chi connectivity index (χ0v) is 16.0. The summed E-state index contributed by atoms with van der Waals surface area (Å²) in [6.45, 7) is 1.42. The zero-order chi connectivity index (χ0) is 18.0. The fourth-order valence-corrected chi connectivity index (χ4v) is 3.80. The van der Waals surface area contributed by atoms with Crippen molar-refractivity contribution in [1.82, 2.24) is 4.90 Å². The summed E-state index contributed by atoms with van der Waals surface area (Å²) in [7, 11) is 3.26. The molecule has 3 N–H and O–H groups in total. The first-order chi connectivity index (χ1) is 12.0. The molecule has 3 rings (SSSR count). The van der Waals surface area contributed by atoms with Crippen molar-refractivity contribution in [2.24, 2.45) is 5.73 Å². The van der Waals surface area contributed by atoms with E-state index in [4.69, 9.17) is 25.1 Å². The van der Waals surface area contributed by atoms with Gasteiger partial charge in [0.25, 0.3) is 0 Å². The molecule has 0 aliphatic carbocycles. The molecule has 2 aliphatic heterocycles. The van der Waals surface area contributed by atoms with Crippen molar-refractivity contribution in [3.8, 4) is 11.5 Å². The fourth-order valence-electron chi connectivity index (χ4n) is 3.80. The Labute approximate surface area is 159 Å². The summed E-state index contributed by atoms with van der Waals surface area (Å²) in [5.41, 5.74) is 7.58. The number of ether oxygens (including phenoxy) is 3. The van der Waals surface area contributed by atoms with Gasteiger partial charge < -0.3 is 30.0 Å². The molecule has 1 aromatic rings. The monoisotopic (exact) mass is 386 g/mol. The highest BCUT2D eigenvalue weighted by atomic mass is 35.5. The molecule has 1 spiro atoms. The summed E-state index contributed by atoms with van der Waals surface area (Å²) in [4.78, 5) is 13.9. The van der Waals surface area contributed by atoms with Gasteiger partial charge in [-0.25, -0.2) is 0 Å². The van der Waals surface area contributed by atoms with Gasteiger partial charge in [0, 0.05) is 13.1 Å². The first-order valence-electron chi connectivity index (χ1n) is 8.59. The van der Waals surface area contributed by atoms with E-state index in [0.29, 0.717) is 38.3 Å². The molecular formula is C18H27ClN2O5. The van der Waals surface area contributed by atoms with E-state index in [-0.39, 0.29) is 24.9 Å². The number of amides is 1. The van der Waals surface area contributed by atoms with Crippen LogP contribution >= 0.6 is 12.4 Å². The number of carbonyl (C=O) groups is 1. The lowest BCUT2D eigenvalue weighted by Gasteiger charge is -2.45. The quantitative estimate of drug-likeness (QED) is 0.796. The van der Waals surface area contributed by atoms with Crippen molar-refractivity contribution in [3.05, 3.63) is 23.3 Å². The zero-order valence-electron chi connectivity index (χ0n) is 15.2. The molecule has 0 unspecified atom stereocenters. The molecule has 0 radical (unpaired) electrons. The molecule has 0 aromatic heterocycles. The van der Waals surface area contributed by atoms with E-state index in [2.05, 4.69) is 0 Å². The molecule has 1 amide bonds. The standard InChI is InChI=1S/C18H26N2O5.ClH/c1-23-15-9-12-3-8-25-18(13(12)10-16(15)24-2)4-6-20(7-5-18)17(22)14(19)11-21;/h9-10,14,21H,3-8,11,19H2,1-2H3;1H/t14-;/m0./s1. The maximum absolute atomic E-state index is 12.2. The third-order valence-corrected chi connectivity index (χ3v) is 5.25. The number of aliphatic hydroxyl groups excluding tert-OH is 1. The van der Waals surface area contributed by atoms with Crippen LogP contribution in [-0.2, 0) is 21.6 Å². The van der Waals surface area contributed by atoms with Crippen molar-refractivity contribution < 1.29 is 24.1 Å². The molecule has 8 heteroatoms. The molecule has 0 saturated carbocycles. The first kappa shape index (κ1) is 20.8. The highest BCUT2D eigenvalue weighted by molar-refractivity contribution is 5.85. The molecule has 2 aliphatic rings. The van der Waals surface area contributed by atoms with Gasteiger partial charge in [-0.3, -0.25) is 4.79 Å². The van der Waals surface area contributed by atoms with Gasteiger partial charge in [0.15, 0.2) is 11.5 Å². The van der Waals surface area contributed by atoms with Crippen molar-refractivity contribution in [1.29, 1.82) is 0 Å². The van der Waals surface area contributed by atoms with Crippen LogP contribution in [0, 0.1) is 0 Å². The number of nitrogens with two attached hydrogens (primary N) is 1. The molecule has 1 saturated heterocycles.